The summed E-state index contributed by atoms with van der Waals surface area (Å²) in [6.45, 7) is 8.22. The van der Waals surface area contributed by atoms with Crippen LogP contribution in [0, 0.1) is 13.8 Å². The molecule has 35 heavy (non-hydrogen) atoms. The van der Waals surface area contributed by atoms with E-state index in [2.05, 4.69) is 22.4 Å². The number of rotatable bonds is 14. The molecule has 0 aliphatic heterocycles. The highest BCUT2D eigenvalue weighted by molar-refractivity contribution is 5.99. The Balaban J connectivity index is 1.97. The van der Waals surface area contributed by atoms with Crippen LogP contribution in [0.1, 0.15) is 90.0 Å². The molecule has 0 aliphatic carbocycles. The zero-order chi connectivity index (χ0) is 25.6. The van der Waals surface area contributed by atoms with Gasteiger partial charge in [-0.3, -0.25) is 9.78 Å². The van der Waals surface area contributed by atoms with Crippen molar-refractivity contribution in [3.8, 4) is 11.5 Å². The monoisotopic (exact) mass is 483 g/mol. The summed E-state index contributed by atoms with van der Waals surface area (Å²) in [6, 6.07) is 6.95. The van der Waals surface area contributed by atoms with E-state index in [1.54, 1.807) is 33.9 Å². The Bertz CT molecular complexity index is 1020. The fourth-order valence-electron chi connectivity index (χ4n) is 3.54. The van der Waals surface area contributed by atoms with Crippen LogP contribution >= 0.6 is 0 Å². The molecule has 1 amide bonds. The van der Waals surface area contributed by atoms with Crippen molar-refractivity contribution in [2.45, 2.75) is 66.2 Å². The molecular weight excluding hydrogens is 446 g/mol. The molecule has 190 valence electrons. The molecule has 0 bridgehead atoms. The van der Waals surface area contributed by atoms with Gasteiger partial charge in [0.25, 0.3) is 5.91 Å². The summed E-state index contributed by atoms with van der Waals surface area (Å²) in [5.41, 5.74) is 4.74. The third-order valence-electron chi connectivity index (χ3n) is 5.47. The van der Waals surface area contributed by atoms with Gasteiger partial charge in [-0.15, -0.1) is 0 Å². The number of ether oxygens (including phenoxy) is 3. The first-order chi connectivity index (χ1) is 16.9. The highest BCUT2D eigenvalue weighted by atomic mass is 16.5. The lowest BCUT2D eigenvalue weighted by Gasteiger charge is -2.11. The smallest absolute Gasteiger partial charge is 0.339 e. The predicted molar refractivity (Wildman–Crippen MR) is 137 cm³/mol. The van der Waals surface area contributed by atoms with Crippen molar-refractivity contribution in [1.82, 2.24) is 10.4 Å². The summed E-state index contributed by atoms with van der Waals surface area (Å²) in [4.78, 5) is 29.1. The zero-order valence-corrected chi connectivity index (χ0v) is 21.5. The maximum atomic E-state index is 12.6. The molecule has 1 aromatic heterocycles. The number of carbonyl (C=O) groups excluding carboxylic acids is 2. The second-order valence-corrected chi connectivity index (χ2v) is 8.20. The Morgan fingerprint density at radius 1 is 0.971 bits per heavy atom. The fourth-order valence-corrected chi connectivity index (χ4v) is 3.54. The first-order valence-electron chi connectivity index (χ1n) is 12.2. The first kappa shape index (κ1) is 27.8. The van der Waals surface area contributed by atoms with Gasteiger partial charge in [0.1, 0.15) is 0 Å². The summed E-state index contributed by atoms with van der Waals surface area (Å²) in [7, 11) is 1.59. The van der Waals surface area contributed by atoms with E-state index in [4.69, 9.17) is 14.2 Å². The Morgan fingerprint density at radius 2 is 1.69 bits per heavy atom. The lowest BCUT2D eigenvalue weighted by atomic mass is 10.1. The number of nitrogens with one attached hydrogen (secondary N) is 1. The van der Waals surface area contributed by atoms with Crippen molar-refractivity contribution in [3.63, 3.8) is 0 Å². The predicted octanol–water partition coefficient (Wildman–Crippen LogP) is 5.39. The molecule has 2 rings (SSSR count). The molecule has 0 aliphatic rings. The van der Waals surface area contributed by atoms with Crippen LogP contribution in [0.3, 0.4) is 0 Å². The van der Waals surface area contributed by atoms with Crippen molar-refractivity contribution >= 4 is 18.1 Å². The van der Waals surface area contributed by atoms with Gasteiger partial charge in [0.2, 0.25) is 0 Å². The van der Waals surface area contributed by atoms with Crippen molar-refractivity contribution in [1.29, 1.82) is 0 Å². The van der Waals surface area contributed by atoms with E-state index in [1.807, 2.05) is 12.1 Å². The van der Waals surface area contributed by atoms with Crippen molar-refractivity contribution in [2.24, 2.45) is 5.10 Å². The molecule has 1 N–H and O–H groups in total. The second-order valence-electron chi connectivity index (χ2n) is 8.20. The van der Waals surface area contributed by atoms with Crippen molar-refractivity contribution in [3.05, 3.63) is 52.3 Å². The Labute approximate surface area is 208 Å². The van der Waals surface area contributed by atoms with E-state index < -0.39 is 11.9 Å². The molecule has 1 heterocycles. The van der Waals surface area contributed by atoms with Crippen LogP contribution in [0.5, 0.6) is 11.5 Å². The van der Waals surface area contributed by atoms with E-state index in [0.717, 1.165) is 18.4 Å². The van der Waals surface area contributed by atoms with Gasteiger partial charge in [0, 0.05) is 0 Å². The van der Waals surface area contributed by atoms with Crippen molar-refractivity contribution < 1.29 is 23.8 Å². The van der Waals surface area contributed by atoms with Gasteiger partial charge in [-0.2, -0.15) is 5.10 Å². The van der Waals surface area contributed by atoms with E-state index in [1.165, 1.54) is 38.0 Å². The largest absolute Gasteiger partial charge is 0.493 e. The van der Waals surface area contributed by atoms with Crippen LogP contribution in [-0.4, -0.2) is 43.4 Å². The van der Waals surface area contributed by atoms with Crippen LogP contribution in [0.4, 0.5) is 0 Å². The normalized spacial score (nSPS) is 10.9. The number of pyridine rings is 1. The minimum Gasteiger partial charge on any atom is -0.493 e. The molecule has 0 fully saturated rings. The highest BCUT2D eigenvalue weighted by Crippen LogP contribution is 2.28. The summed E-state index contributed by atoms with van der Waals surface area (Å²) >= 11 is 0. The van der Waals surface area contributed by atoms with Gasteiger partial charge >= 0.3 is 5.97 Å². The maximum Gasteiger partial charge on any atom is 0.339 e. The average molecular weight is 484 g/mol. The zero-order valence-electron chi connectivity index (χ0n) is 21.5. The quantitative estimate of drug-likeness (QED) is 0.167. The van der Waals surface area contributed by atoms with Crippen molar-refractivity contribution in [2.75, 3.05) is 20.3 Å². The van der Waals surface area contributed by atoms with Crippen LogP contribution in [0.25, 0.3) is 0 Å². The molecule has 8 heteroatoms. The SMILES string of the molecule is CCCCCCCCOc1ccc(/C=N/NC(=O)c2cc(C(=O)OCC)c(C)nc2C)cc1OC. The lowest BCUT2D eigenvalue weighted by molar-refractivity contribution is 0.0525. The maximum absolute atomic E-state index is 12.6. The fraction of sp³-hybridized carbons (Fsp3) is 0.481. The molecule has 1 aromatic carbocycles. The summed E-state index contributed by atoms with van der Waals surface area (Å²) in [5.74, 6) is 0.294. The number of hydrazone groups is 1. The number of hydrogen-bond donors (Lipinski definition) is 1. The highest BCUT2D eigenvalue weighted by Gasteiger charge is 2.18. The summed E-state index contributed by atoms with van der Waals surface area (Å²) < 4.78 is 16.4. The number of amides is 1. The number of aromatic nitrogens is 1. The number of aryl methyl sites for hydroxylation is 2. The molecule has 0 radical (unpaired) electrons. The third kappa shape index (κ3) is 8.70. The minimum absolute atomic E-state index is 0.240. The number of methoxy groups -OCH3 is 1. The lowest BCUT2D eigenvalue weighted by Crippen LogP contribution is -2.21. The molecule has 8 nitrogen and oxygen atoms in total. The number of hydrogen-bond acceptors (Lipinski definition) is 7. The average Bonchev–Trinajstić information content (AvgIpc) is 2.84. The Kier molecular flexibility index (Phi) is 11.7. The van der Waals surface area contributed by atoms with Gasteiger partial charge in [0.05, 0.1) is 49.1 Å². The Morgan fingerprint density at radius 3 is 2.40 bits per heavy atom. The molecule has 0 saturated carbocycles. The number of unbranched alkanes of at least 4 members (excludes halogenated alkanes) is 5. The van der Waals surface area contributed by atoms with Crippen LogP contribution in [-0.2, 0) is 4.74 Å². The molecular formula is C27H37N3O5. The van der Waals surface area contributed by atoms with Crippen LogP contribution < -0.4 is 14.9 Å². The first-order valence-corrected chi connectivity index (χ1v) is 12.2. The van der Waals surface area contributed by atoms with Crippen LogP contribution in [0.2, 0.25) is 0 Å². The number of carbonyl (C=O) groups is 2. The van der Waals surface area contributed by atoms with Crippen LogP contribution in [0.15, 0.2) is 29.4 Å². The molecule has 0 saturated heterocycles. The summed E-state index contributed by atoms with van der Waals surface area (Å²) in [5, 5.41) is 4.04. The van der Waals surface area contributed by atoms with E-state index >= 15 is 0 Å². The van der Waals surface area contributed by atoms with Gasteiger partial charge < -0.3 is 14.2 Å². The molecule has 2 aromatic rings. The van der Waals surface area contributed by atoms with Gasteiger partial charge in [0.15, 0.2) is 11.5 Å². The molecule has 0 spiro atoms. The van der Waals surface area contributed by atoms with Gasteiger partial charge in [-0.1, -0.05) is 39.0 Å². The summed E-state index contributed by atoms with van der Waals surface area (Å²) in [6.07, 6.45) is 8.72. The minimum atomic E-state index is -0.513. The molecule has 0 atom stereocenters. The van der Waals surface area contributed by atoms with E-state index in [0.29, 0.717) is 29.5 Å². The number of benzene rings is 1. The number of nitrogens with zero attached hydrogens (tertiary/aromatic N) is 2. The standard InChI is InChI=1S/C27H37N3O5/c1-6-8-9-10-11-12-15-35-24-14-13-21(16-25(24)33-5)18-28-30-26(31)22-17-23(27(32)34-7-2)20(4)29-19(22)3/h13-14,16-18H,6-12,15H2,1-5H3,(H,30,31)/b28-18+. The third-order valence-corrected chi connectivity index (χ3v) is 5.47. The van der Waals surface area contributed by atoms with E-state index in [9.17, 15) is 9.59 Å². The Hall–Kier alpha value is -3.42. The molecule has 0 unspecified atom stereocenters. The van der Waals surface area contributed by atoms with Gasteiger partial charge in [-0.05, 0) is 57.0 Å². The number of esters is 1. The van der Waals surface area contributed by atoms with E-state index in [-0.39, 0.29) is 17.7 Å². The topological polar surface area (TPSA) is 99.1 Å². The van der Waals surface area contributed by atoms with Gasteiger partial charge in [-0.25, -0.2) is 10.2 Å². The second kappa shape index (κ2) is 14.8.